The van der Waals surface area contributed by atoms with Crippen LogP contribution in [-0.4, -0.2) is 20.1 Å². The molecule has 24 heavy (non-hydrogen) atoms. The van der Waals surface area contributed by atoms with Gasteiger partial charge < -0.3 is 0 Å². The molecule has 1 N–H and O–H groups in total. The second-order valence-corrected chi connectivity index (χ2v) is 8.63. The van der Waals surface area contributed by atoms with Gasteiger partial charge in [0.25, 0.3) is 10.0 Å². The van der Waals surface area contributed by atoms with Crippen molar-refractivity contribution in [1.82, 2.24) is 4.72 Å². The molecule has 0 aliphatic carbocycles. The molecule has 0 saturated carbocycles. The molecule has 0 spiro atoms. The lowest BCUT2D eigenvalue weighted by molar-refractivity contribution is -0.122. The van der Waals surface area contributed by atoms with Crippen molar-refractivity contribution < 1.29 is 18.0 Å². The van der Waals surface area contributed by atoms with Crippen LogP contribution in [0.5, 0.6) is 0 Å². The van der Waals surface area contributed by atoms with E-state index < -0.39 is 21.8 Å². The zero-order chi connectivity index (χ0) is 17.9. The minimum Gasteiger partial charge on any atom is -0.294 e. The number of ketones is 1. The van der Waals surface area contributed by atoms with Gasteiger partial charge in [-0.1, -0.05) is 18.5 Å². The minimum atomic E-state index is -3.91. The second kappa shape index (κ2) is 7.46. The first kappa shape index (κ1) is 18.6. The number of Topliss-reactive ketones (excluding diaryl/α,β-unsaturated/α-hetero) is 1. The maximum Gasteiger partial charge on any atom is 0.273 e. The highest BCUT2D eigenvalue weighted by atomic mass is 35.5. The summed E-state index contributed by atoms with van der Waals surface area (Å²) >= 11 is 6.81. The summed E-state index contributed by atoms with van der Waals surface area (Å²) in [4.78, 5) is 24.3. The number of thiophene rings is 1. The van der Waals surface area contributed by atoms with Gasteiger partial charge in [-0.2, -0.15) is 0 Å². The summed E-state index contributed by atoms with van der Waals surface area (Å²) in [5.41, 5.74) is 1.00. The molecule has 128 valence electrons. The Morgan fingerprint density at radius 1 is 1.21 bits per heavy atom. The van der Waals surface area contributed by atoms with Crippen molar-refractivity contribution in [2.24, 2.45) is 5.92 Å². The third-order valence-corrected chi connectivity index (χ3v) is 6.69. The Labute approximate surface area is 149 Å². The molecular formula is C16H16ClNO4S2. The molecule has 5 nitrogen and oxygen atoms in total. The summed E-state index contributed by atoms with van der Waals surface area (Å²) in [7, 11) is -3.91. The smallest absolute Gasteiger partial charge is 0.273 e. The van der Waals surface area contributed by atoms with Gasteiger partial charge in [0.15, 0.2) is 5.78 Å². The van der Waals surface area contributed by atoms with Gasteiger partial charge in [-0.25, -0.2) is 13.1 Å². The van der Waals surface area contributed by atoms with Gasteiger partial charge in [0.05, 0.1) is 0 Å². The van der Waals surface area contributed by atoms with Crippen molar-refractivity contribution >= 4 is 44.7 Å². The molecule has 0 fully saturated rings. The molecule has 1 atom stereocenters. The second-order valence-electron chi connectivity index (χ2n) is 5.40. The number of nitrogens with one attached hydrogen (secondary N) is 1. The van der Waals surface area contributed by atoms with Gasteiger partial charge in [0, 0.05) is 22.9 Å². The molecular weight excluding hydrogens is 370 g/mol. The Morgan fingerprint density at radius 2 is 1.83 bits per heavy atom. The third kappa shape index (κ3) is 4.43. The van der Waals surface area contributed by atoms with Crippen LogP contribution in [0, 0.1) is 12.8 Å². The van der Waals surface area contributed by atoms with Crippen LogP contribution in [0.25, 0.3) is 0 Å². The Hall–Kier alpha value is -1.70. The Kier molecular flexibility index (Phi) is 5.79. The van der Waals surface area contributed by atoms with Crippen molar-refractivity contribution in [1.29, 1.82) is 0 Å². The van der Waals surface area contributed by atoms with Crippen LogP contribution in [0.4, 0.5) is 0 Å². The van der Waals surface area contributed by atoms with E-state index in [-0.39, 0.29) is 16.4 Å². The van der Waals surface area contributed by atoms with Gasteiger partial charge in [0.1, 0.15) is 4.21 Å². The van der Waals surface area contributed by atoms with E-state index >= 15 is 0 Å². The van der Waals surface area contributed by atoms with Gasteiger partial charge in [-0.05, 0) is 48.2 Å². The van der Waals surface area contributed by atoms with E-state index in [1.54, 1.807) is 42.6 Å². The van der Waals surface area contributed by atoms with E-state index in [2.05, 4.69) is 0 Å². The molecule has 8 heteroatoms. The topological polar surface area (TPSA) is 80.3 Å². The van der Waals surface area contributed by atoms with E-state index in [9.17, 15) is 18.0 Å². The predicted octanol–water partition coefficient (Wildman–Crippen LogP) is 3.42. The Bertz CT molecular complexity index is 856. The summed E-state index contributed by atoms with van der Waals surface area (Å²) in [6.45, 7) is 3.17. The summed E-state index contributed by atoms with van der Waals surface area (Å²) in [5, 5.41) is 2.15. The van der Waals surface area contributed by atoms with E-state index in [0.29, 0.717) is 16.1 Å². The maximum absolute atomic E-state index is 12.2. The van der Waals surface area contributed by atoms with Gasteiger partial charge in [-0.3, -0.25) is 9.59 Å². The number of aryl methyl sites for hydroxylation is 1. The molecule has 0 bridgehead atoms. The monoisotopic (exact) mass is 385 g/mol. The van der Waals surface area contributed by atoms with Crippen molar-refractivity contribution in [3.63, 3.8) is 0 Å². The summed E-state index contributed by atoms with van der Waals surface area (Å²) in [5.74, 6) is -1.73. The fourth-order valence-electron chi connectivity index (χ4n) is 2.04. The van der Waals surface area contributed by atoms with Crippen LogP contribution in [0.3, 0.4) is 0 Å². The van der Waals surface area contributed by atoms with Crippen LogP contribution in [0.2, 0.25) is 5.02 Å². The van der Waals surface area contributed by atoms with Crippen LogP contribution in [-0.2, 0) is 14.8 Å². The molecule has 1 amide bonds. The molecule has 0 aliphatic rings. The Balaban J connectivity index is 2.03. The first-order valence-corrected chi connectivity index (χ1v) is 9.84. The van der Waals surface area contributed by atoms with E-state index in [1.807, 2.05) is 4.72 Å². The first-order valence-electron chi connectivity index (χ1n) is 7.10. The van der Waals surface area contributed by atoms with Gasteiger partial charge >= 0.3 is 0 Å². The number of hydrogen-bond acceptors (Lipinski definition) is 5. The molecule has 1 heterocycles. The number of hydrogen-bond donors (Lipinski definition) is 1. The third-order valence-electron chi connectivity index (χ3n) is 3.40. The van der Waals surface area contributed by atoms with E-state index in [1.165, 1.54) is 6.92 Å². The quantitative estimate of drug-likeness (QED) is 0.772. The number of carbonyl (C=O) groups excluding carboxylic acids is 2. The summed E-state index contributed by atoms with van der Waals surface area (Å²) in [6.07, 6.45) is -0.0909. The van der Waals surface area contributed by atoms with Crippen molar-refractivity contribution in [2.45, 2.75) is 24.5 Å². The number of rotatable bonds is 6. The molecule has 1 unspecified atom stereocenters. The van der Waals surface area contributed by atoms with Gasteiger partial charge in [0.2, 0.25) is 5.91 Å². The highest BCUT2D eigenvalue weighted by Crippen LogP contribution is 2.22. The minimum absolute atomic E-state index is 0.0909. The zero-order valence-electron chi connectivity index (χ0n) is 13.1. The molecule has 0 saturated heterocycles. The lowest BCUT2D eigenvalue weighted by Gasteiger charge is -2.12. The molecule has 2 aromatic rings. The average molecular weight is 386 g/mol. The first-order chi connectivity index (χ1) is 11.2. The maximum atomic E-state index is 12.2. The molecule has 1 aromatic heterocycles. The SMILES string of the molecule is Cc1ccsc1S(=O)(=O)NC(=O)C(C)CC(=O)c1ccc(Cl)cc1. The van der Waals surface area contributed by atoms with Crippen LogP contribution in [0.1, 0.15) is 29.3 Å². The van der Waals surface area contributed by atoms with Crippen molar-refractivity contribution in [3.05, 3.63) is 51.9 Å². The highest BCUT2D eigenvalue weighted by molar-refractivity contribution is 7.92. The fourth-order valence-corrected chi connectivity index (χ4v) is 4.66. The molecule has 0 aliphatic heterocycles. The summed E-state index contributed by atoms with van der Waals surface area (Å²) < 4.78 is 26.5. The predicted molar refractivity (Wildman–Crippen MR) is 93.9 cm³/mol. The largest absolute Gasteiger partial charge is 0.294 e. The average Bonchev–Trinajstić information content (AvgIpc) is 2.94. The number of amides is 1. The molecule has 1 aromatic carbocycles. The summed E-state index contributed by atoms with van der Waals surface area (Å²) in [6, 6.07) is 7.98. The van der Waals surface area contributed by atoms with Crippen LogP contribution >= 0.6 is 22.9 Å². The molecule has 0 radical (unpaired) electrons. The van der Waals surface area contributed by atoms with Crippen molar-refractivity contribution in [3.8, 4) is 0 Å². The standard InChI is InChI=1S/C16H16ClNO4S2/c1-10-7-8-23-16(10)24(21,22)18-15(20)11(2)9-14(19)12-3-5-13(17)6-4-12/h3-8,11H,9H2,1-2H3,(H,18,20). The number of benzene rings is 1. The zero-order valence-corrected chi connectivity index (χ0v) is 15.5. The van der Waals surface area contributed by atoms with Crippen LogP contribution in [0.15, 0.2) is 39.9 Å². The lowest BCUT2D eigenvalue weighted by atomic mass is 9.99. The molecule has 2 rings (SSSR count). The number of halogens is 1. The van der Waals surface area contributed by atoms with Crippen LogP contribution < -0.4 is 4.72 Å². The van der Waals surface area contributed by atoms with Gasteiger partial charge in [-0.15, -0.1) is 11.3 Å². The Morgan fingerprint density at radius 3 is 2.38 bits per heavy atom. The highest BCUT2D eigenvalue weighted by Gasteiger charge is 2.25. The lowest BCUT2D eigenvalue weighted by Crippen LogP contribution is -2.35. The fraction of sp³-hybridized carbons (Fsp3) is 0.250. The van der Waals surface area contributed by atoms with E-state index in [0.717, 1.165) is 11.3 Å². The normalized spacial score (nSPS) is 12.6. The number of sulfonamides is 1. The number of carbonyl (C=O) groups is 2. The van der Waals surface area contributed by atoms with E-state index in [4.69, 9.17) is 11.6 Å². The van der Waals surface area contributed by atoms with Crippen molar-refractivity contribution in [2.75, 3.05) is 0 Å².